The minimum atomic E-state index is -1.21. The molecule has 0 radical (unpaired) electrons. The van der Waals surface area contributed by atoms with Crippen molar-refractivity contribution in [2.75, 3.05) is 12.9 Å². The second kappa shape index (κ2) is 17.3. The van der Waals surface area contributed by atoms with Gasteiger partial charge in [-0.15, -0.1) is 11.8 Å². The first-order chi connectivity index (χ1) is 23.9. The number of carboxylic acids is 1. The number of benzene rings is 3. The molecule has 0 aromatic heterocycles. The quantitative estimate of drug-likeness (QED) is 0.0898. The van der Waals surface area contributed by atoms with E-state index in [0.29, 0.717) is 16.9 Å². The largest absolute Gasteiger partial charge is 0.497 e. The third-order valence-corrected chi connectivity index (χ3v) is 9.25. The van der Waals surface area contributed by atoms with Crippen LogP contribution in [0.2, 0.25) is 0 Å². The van der Waals surface area contributed by atoms with Crippen molar-refractivity contribution in [3.8, 4) is 11.5 Å². The van der Waals surface area contributed by atoms with Gasteiger partial charge in [0, 0.05) is 30.7 Å². The maximum Gasteiger partial charge on any atom is 0.334 e. The van der Waals surface area contributed by atoms with E-state index in [4.69, 9.17) is 14.6 Å². The van der Waals surface area contributed by atoms with Crippen LogP contribution in [0, 0.1) is 16.0 Å². The number of nitrogens with zero attached hydrogens (tertiary/aromatic N) is 2. The normalized spacial score (nSPS) is 16.6. The number of esters is 1. The van der Waals surface area contributed by atoms with Gasteiger partial charge >= 0.3 is 11.9 Å². The van der Waals surface area contributed by atoms with Gasteiger partial charge in [0.25, 0.3) is 5.69 Å². The van der Waals surface area contributed by atoms with Gasteiger partial charge in [0.2, 0.25) is 17.7 Å². The highest BCUT2D eigenvalue weighted by Gasteiger charge is 2.46. The molecule has 1 saturated heterocycles. The van der Waals surface area contributed by atoms with Crippen LogP contribution in [0.25, 0.3) is 0 Å². The van der Waals surface area contributed by atoms with Crippen LogP contribution in [0.15, 0.2) is 78.9 Å². The molecular formula is C35H38N4O10S. The first-order valence-electron chi connectivity index (χ1n) is 15.8. The van der Waals surface area contributed by atoms with Crippen LogP contribution >= 0.6 is 11.8 Å². The van der Waals surface area contributed by atoms with Crippen LogP contribution < -0.4 is 20.1 Å². The molecule has 1 heterocycles. The van der Waals surface area contributed by atoms with Crippen molar-refractivity contribution in [2.24, 2.45) is 5.92 Å². The summed E-state index contributed by atoms with van der Waals surface area (Å²) in [6.45, 7) is 3.45. The fraction of sp³-hybridized carbons (Fsp3) is 0.343. The summed E-state index contributed by atoms with van der Waals surface area (Å²) in [5.41, 5.74) is 1.22. The van der Waals surface area contributed by atoms with Crippen molar-refractivity contribution in [1.82, 2.24) is 15.5 Å². The molecular weight excluding hydrogens is 668 g/mol. The minimum absolute atomic E-state index is 0.0409. The average molecular weight is 707 g/mol. The Morgan fingerprint density at radius 3 is 2.16 bits per heavy atom. The standard InChI is InChI=1S/C35H38N4O10S/c1-21(2)31(37-29(40)17-18-30(41)42)33(44)38-28(20-50-34(38)23-9-13-25(48-3)14-10-23)32(43)36-27(19-22-7-5-4-6-8-22)35(45)49-26-15-11-24(12-16-26)39(46)47/h4-16,21,27-28,31,34H,17-20H2,1-3H3,(H,36,43)(H,37,40)(H,41,42)/t27-,28-,31-,34-/m0/s1. The summed E-state index contributed by atoms with van der Waals surface area (Å²) in [7, 11) is 1.52. The van der Waals surface area contributed by atoms with E-state index in [0.717, 1.165) is 0 Å². The summed E-state index contributed by atoms with van der Waals surface area (Å²) in [5.74, 6) is -3.43. The zero-order valence-electron chi connectivity index (χ0n) is 27.6. The predicted octanol–water partition coefficient (Wildman–Crippen LogP) is 3.88. The molecule has 14 nitrogen and oxygen atoms in total. The summed E-state index contributed by atoms with van der Waals surface area (Å²) >= 11 is 1.33. The third kappa shape index (κ3) is 9.81. The molecule has 1 aliphatic heterocycles. The van der Waals surface area contributed by atoms with E-state index in [1.54, 1.807) is 68.4 Å². The van der Waals surface area contributed by atoms with E-state index in [1.165, 1.54) is 48.0 Å². The maximum absolute atomic E-state index is 14.3. The third-order valence-electron chi connectivity index (χ3n) is 7.92. The van der Waals surface area contributed by atoms with Gasteiger partial charge in [-0.05, 0) is 41.3 Å². The van der Waals surface area contributed by atoms with Gasteiger partial charge in [-0.1, -0.05) is 56.3 Å². The number of amides is 3. The second-order valence-corrected chi connectivity index (χ2v) is 12.9. The van der Waals surface area contributed by atoms with Crippen molar-refractivity contribution in [3.63, 3.8) is 0 Å². The van der Waals surface area contributed by atoms with Gasteiger partial charge in [-0.3, -0.25) is 29.3 Å². The molecule has 3 aromatic carbocycles. The molecule has 0 aliphatic carbocycles. The van der Waals surface area contributed by atoms with Crippen LogP contribution in [-0.4, -0.2) is 75.6 Å². The molecule has 1 fully saturated rings. The van der Waals surface area contributed by atoms with Gasteiger partial charge < -0.3 is 30.1 Å². The number of aliphatic carboxylic acids is 1. The van der Waals surface area contributed by atoms with Crippen molar-refractivity contribution < 1.29 is 43.5 Å². The molecule has 50 heavy (non-hydrogen) atoms. The topological polar surface area (TPSA) is 194 Å². The van der Waals surface area contributed by atoms with Crippen molar-refractivity contribution >= 4 is 47.1 Å². The molecule has 0 spiro atoms. The zero-order chi connectivity index (χ0) is 36.4. The first kappa shape index (κ1) is 37.4. The first-order valence-corrected chi connectivity index (χ1v) is 16.8. The van der Waals surface area contributed by atoms with E-state index in [2.05, 4.69) is 10.6 Å². The average Bonchev–Trinajstić information content (AvgIpc) is 3.55. The Morgan fingerprint density at radius 1 is 0.940 bits per heavy atom. The van der Waals surface area contributed by atoms with Gasteiger partial charge in [0.15, 0.2) is 0 Å². The summed E-state index contributed by atoms with van der Waals surface area (Å²) in [5, 5.41) is 24.9. The molecule has 0 bridgehead atoms. The number of carbonyl (C=O) groups is 5. The SMILES string of the molecule is COc1ccc([C@@H]2SC[C@@H](C(=O)N[C@@H](Cc3ccccc3)C(=O)Oc3ccc([N+](=O)[O-])cc3)N2C(=O)[C@@H](NC(=O)CCC(=O)O)C(C)C)cc1. The van der Waals surface area contributed by atoms with Gasteiger partial charge in [-0.25, -0.2) is 4.79 Å². The number of carbonyl (C=O) groups excluding carboxylic acids is 4. The van der Waals surface area contributed by atoms with Crippen molar-refractivity contribution in [3.05, 3.63) is 100 Å². The highest BCUT2D eigenvalue weighted by molar-refractivity contribution is 7.99. The number of rotatable bonds is 15. The van der Waals surface area contributed by atoms with Gasteiger partial charge in [0.1, 0.15) is 35.0 Å². The molecule has 3 amide bonds. The van der Waals surface area contributed by atoms with E-state index >= 15 is 0 Å². The molecule has 4 rings (SSSR count). The lowest BCUT2D eigenvalue weighted by molar-refractivity contribution is -0.384. The van der Waals surface area contributed by atoms with E-state index in [1.807, 2.05) is 0 Å². The van der Waals surface area contributed by atoms with Crippen molar-refractivity contribution in [2.45, 2.75) is 56.6 Å². The number of carboxylic acid groups (broad SMARTS) is 1. The van der Waals surface area contributed by atoms with Crippen molar-refractivity contribution in [1.29, 1.82) is 0 Å². The lowest BCUT2D eigenvalue weighted by atomic mass is 10.0. The Bertz CT molecular complexity index is 1690. The lowest BCUT2D eigenvalue weighted by Gasteiger charge is -2.34. The second-order valence-electron chi connectivity index (χ2n) is 11.8. The van der Waals surface area contributed by atoms with Crippen LogP contribution in [-0.2, 0) is 30.4 Å². The number of thioether (sulfide) groups is 1. The summed E-state index contributed by atoms with van der Waals surface area (Å²) < 4.78 is 10.8. The summed E-state index contributed by atoms with van der Waals surface area (Å²) in [6.07, 6.45) is -0.699. The highest BCUT2D eigenvalue weighted by atomic mass is 32.2. The maximum atomic E-state index is 14.3. The fourth-order valence-corrected chi connectivity index (χ4v) is 6.71. The van der Waals surface area contributed by atoms with E-state index < -0.39 is 70.4 Å². The number of hydrogen-bond acceptors (Lipinski definition) is 10. The number of nitrogens with one attached hydrogen (secondary N) is 2. The minimum Gasteiger partial charge on any atom is -0.497 e. The smallest absolute Gasteiger partial charge is 0.334 e. The fourth-order valence-electron chi connectivity index (χ4n) is 5.28. The van der Waals surface area contributed by atoms with Crippen LogP contribution in [0.4, 0.5) is 5.69 Å². The number of hydrogen-bond donors (Lipinski definition) is 3. The number of methoxy groups -OCH3 is 1. The molecule has 4 atom stereocenters. The highest BCUT2D eigenvalue weighted by Crippen LogP contribution is 2.42. The molecule has 1 aliphatic rings. The summed E-state index contributed by atoms with van der Waals surface area (Å²) in [6, 6.07) is 17.5. The summed E-state index contributed by atoms with van der Waals surface area (Å²) in [4.78, 5) is 77.6. The molecule has 15 heteroatoms. The Kier molecular flexibility index (Phi) is 12.9. The van der Waals surface area contributed by atoms with Crippen LogP contribution in [0.1, 0.15) is 43.2 Å². The van der Waals surface area contributed by atoms with Gasteiger partial charge in [0.05, 0.1) is 18.5 Å². The number of nitro groups is 1. The number of non-ortho nitro benzene ring substituents is 1. The van der Waals surface area contributed by atoms with Gasteiger partial charge in [-0.2, -0.15) is 0 Å². The Morgan fingerprint density at radius 2 is 1.58 bits per heavy atom. The Hall–Kier alpha value is -5.44. The lowest BCUT2D eigenvalue weighted by Crippen LogP contribution is -2.58. The van der Waals surface area contributed by atoms with Crippen LogP contribution in [0.3, 0.4) is 0 Å². The molecule has 0 saturated carbocycles. The zero-order valence-corrected chi connectivity index (χ0v) is 28.5. The number of ether oxygens (including phenoxy) is 2. The van der Waals surface area contributed by atoms with E-state index in [9.17, 15) is 34.1 Å². The predicted molar refractivity (Wildman–Crippen MR) is 183 cm³/mol. The molecule has 0 unspecified atom stereocenters. The number of nitro benzene ring substituents is 1. The monoisotopic (exact) mass is 706 g/mol. The Balaban J connectivity index is 1.64. The Labute approximate surface area is 292 Å². The van der Waals surface area contributed by atoms with E-state index in [-0.39, 0.29) is 30.0 Å². The van der Waals surface area contributed by atoms with Crippen LogP contribution in [0.5, 0.6) is 11.5 Å². The molecule has 264 valence electrons. The molecule has 3 N–H and O–H groups in total. The molecule has 3 aromatic rings.